The average Bonchev–Trinajstić information content (AvgIpc) is 0.811. The summed E-state index contributed by atoms with van der Waals surface area (Å²) >= 11 is 0. The number of hydrogen-bond donors (Lipinski definition) is 1. The summed E-state index contributed by atoms with van der Waals surface area (Å²) in [6.45, 7) is 5.25. The van der Waals surface area contributed by atoms with Crippen molar-refractivity contribution in [3.8, 4) is 0 Å². The van der Waals surface area contributed by atoms with Crippen LogP contribution < -0.4 is 5.73 Å². The maximum atomic E-state index is 5.00. The van der Waals surface area contributed by atoms with Crippen LogP contribution in [0.5, 0.6) is 0 Å². The highest BCUT2D eigenvalue weighted by molar-refractivity contribution is 4.49. The minimum atomic E-state index is 0.0833. The minimum absolute atomic E-state index is 0.0833. The normalized spacial score (nSPS) is 9.00. The van der Waals surface area contributed by atoms with Crippen LogP contribution in [0.4, 0.5) is 0 Å². The van der Waals surface area contributed by atoms with Crippen LogP contribution in [0.1, 0.15) is 6.92 Å². The molecule has 0 unspecified atom stereocenters. The third kappa shape index (κ3) is 1130. The first-order valence-corrected chi connectivity index (χ1v) is 1.32. The molecule has 0 saturated carbocycles. The molecule has 0 saturated heterocycles. The maximum Gasteiger partial charge on any atom is 0.00110 e. The molecule has 4 heavy (non-hydrogen) atoms. The quantitative estimate of drug-likeness (QED) is 0.422. The molecule has 0 aromatic heterocycles. The monoisotopic (exact) mass is 58.1 g/mol. The second-order valence-corrected chi connectivity index (χ2v) is 0.977. The molecule has 0 aliphatic carbocycles. The summed E-state index contributed by atoms with van der Waals surface area (Å²) in [4.78, 5) is 0. The van der Waals surface area contributed by atoms with Crippen LogP contribution in [0.2, 0.25) is 0 Å². The molecule has 0 aromatic rings. The Labute approximate surface area is 26.8 Å². The fourth-order valence-electron chi connectivity index (χ4n) is 0. The van der Waals surface area contributed by atoms with E-state index in [9.17, 15) is 0 Å². The molecule has 0 spiro atoms. The van der Waals surface area contributed by atoms with Crippen molar-refractivity contribution in [1.82, 2.24) is 0 Å². The van der Waals surface area contributed by atoms with Crippen molar-refractivity contribution in [1.29, 1.82) is 0 Å². The van der Waals surface area contributed by atoms with Crippen LogP contribution >= 0.6 is 0 Å². The van der Waals surface area contributed by atoms with Gasteiger partial charge in [0.25, 0.3) is 0 Å². The molecule has 1 atom stereocenters. The second kappa shape index (κ2) is 1.30. The molecule has 1 nitrogen and oxygen atoms in total. The summed E-state index contributed by atoms with van der Waals surface area (Å²) < 4.78 is 0. The molecule has 25 valence electrons. The Morgan fingerprint density at radius 1 is 2.00 bits per heavy atom. The summed E-state index contributed by atoms with van der Waals surface area (Å²) in [5.74, 6) is 0. The Morgan fingerprint density at radius 3 is 2.00 bits per heavy atom. The van der Waals surface area contributed by atoms with E-state index in [1.54, 1.807) is 0 Å². The van der Waals surface area contributed by atoms with Crippen molar-refractivity contribution in [2.45, 2.75) is 13.0 Å². The molecule has 0 aliphatic heterocycles. The van der Waals surface area contributed by atoms with Gasteiger partial charge in [0.2, 0.25) is 0 Å². The molecular weight excluding hydrogens is 50.0 g/mol. The highest BCUT2D eigenvalue weighted by Gasteiger charge is 1.67. The zero-order chi connectivity index (χ0) is 3.58. The first-order chi connectivity index (χ1) is 1.73. The predicted octanol–water partition coefficient (Wildman–Crippen LogP) is 0.168. The molecular formula is C3H8N. The molecule has 0 rings (SSSR count). The van der Waals surface area contributed by atoms with Crippen molar-refractivity contribution in [3.05, 3.63) is 6.92 Å². The fraction of sp³-hybridized carbons (Fsp3) is 0.667. The summed E-state index contributed by atoms with van der Waals surface area (Å²) in [5, 5.41) is 0. The molecule has 1 heteroatoms. The molecule has 0 aliphatic rings. The topological polar surface area (TPSA) is 26.0 Å². The van der Waals surface area contributed by atoms with E-state index >= 15 is 0 Å². The lowest BCUT2D eigenvalue weighted by Gasteiger charge is -1.81. The van der Waals surface area contributed by atoms with Crippen LogP contribution in [0, 0.1) is 6.92 Å². The van der Waals surface area contributed by atoms with Gasteiger partial charge < -0.3 is 5.73 Å². The van der Waals surface area contributed by atoms with Gasteiger partial charge in [0.15, 0.2) is 0 Å². The van der Waals surface area contributed by atoms with E-state index in [1.807, 2.05) is 6.92 Å². The van der Waals surface area contributed by atoms with Crippen molar-refractivity contribution in [2.75, 3.05) is 0 Å². The van der Waals surface area contributed by atoms with E-state index in [0.717, 1.165) is 0 Å². The largest absolute Gasteiger partial charge is 0.328 e. The SMILES string of the molecule is [CH2][C@H](C)N. The lowest BCUT2D eigenvalue weighted by molar-refractivity contribution is 0.923. The molecule has 0 heterocycles. The highest BCUT2D eigenvalue weighted by atomic mass is 14.6. The number of hydrogen-bond acceptors (Lipinski definition) is 1. The molecule has 2 N–H and O–H groups in total. The van der Waals surface area contributed by atoms with E-state index in [2.05, 4.69) is 6.92 Å². The summed E-state index contributed by atoms with van der Waals surface area (Å²) in [6.07, 6.45) is 0. The Kier molecular flexibility index (Phi) is 1.28. The van der Waals surface area contributed by atoms with Gasteiger partial charge in [-0.05, 0) is 13.8 Å². The molecule has 0 bridgehead atoms. The second-order valence-electron chi connectivity index (χ2n) is 0.977. The van der Waals surface area contributed by atoms with Crippen molar-refractivity contribution >= 4 is 0 Å². The van der Waals surface area contributed by atoms with Crippen LogP contribution in [0.25, 0.3) is 0 Å². The van der Waals surface area contributed by atoms with Crippen LogP contribution in [0.15, 0.2) is 0 Å². The number of rotatable bonds is 0. The van der Waals surface area contributed by atoms with Crippen molar-refractivity contribution in [3.63, 3.8) is 0 Å². The lowest BCUT2D eigenvalue weighted by Crippen LogP contribution is -2.07. The van der Waals surface area contributed by atoms with Crippen LogP contribution in [0.3, 0.4) is 0 Å². The Bertz CT molecular complexity index is 8.00. The summed E-state index contributed by atoms with van der Waals surface area (Å²) in [5.41, 5.74) is 5.00. The summed E-state index contributed by atoms with van der Waals surface area (Å²) in [6, 6.07) is 0.0833. The van der Waals surface area contributed by atoms with E-state index in [4.69, 9.17) is 5.73 Å². The smallest absolute Gasteiger partial charge is 0.00110 e. The van der Waals surface area contributed by atoms with Gasteiger partial charge in [0.1, 0.15) is 0 Å². The Morgan fingerprint density at radius 2 is 2.00 bits per heavy atom. The zero-order valence-electron chi connectivity index (χ0n) is 2.86. The van der Waals surface area contributed by atoms with Gasteiger partial charge in [-0.2, -0.15) is 0 Å². The zero-order valence-corrected chi connectivity index (χ0v) is 2.86. The van der Waals surface area contributed by atoms with E-state index in [0.29, 0.717) is 0 Å². The van der Waals surface area contributed by atoms with Gasteiger partial charge in [-0.25, -0.2) is 0 Å². The third-order valence-electron chi connectivity index (χ3n) is 0. The third-order valence-corrected chi connectivity index (χ3v) is 0. The predicted molar refractivity (Wildman–Crippen MR) is 19.0 cm³/mol. The molecule has 1 radical (unpaired) electrons. The fourth-order valence-corrected chi connectivity index (χ4v) is 0. The van der Waals surface area contributed by atoms with Crippen LogP contribution in [-0.2, 0) is 0 Å². The molecule has 0 fully saturated rings. The standard InChI is InChI=1S/C3H8N/c1-3(2)4/h3H,1,4H2,2H3/t3-/m1/s1. The van der Waals surface area contributed by atoms with Gasteiger partial charge in [0.05, 0.1) is 0 Å². The van der Waals surface area contributed by atoms with E-state index in [-0.39, 0.29) is 6.04 Å². The van der Waals surface area contributed by atoms with E-state index in [1.165, 1.54) is 0 Å². The molecule has 0 aromatic carbocycles. The van der Waals surface area contributed by atoms with Crippen molar-refractivity contribution < 1.29 is 0 Å². The van der Waals surface area contributed by atoms with Gasteiger partial charge in [0, 0.05) is 6.04 Å². The van der Waals surface area contributed by atoms with Gasteiger partial charge in [-0.1, -0.05) is 0 Å². The van der Waals surface area contributed by atoms with Crippen LogP contribution in [-0.4, -0.2) is 6.04 Å². The average molecular weight is 58.1 g/mol. The Balaban J connectivity index is 2.32. The highest BCUT2D eigenvalue weighted by Crippen LogP contribution is 1.56. The van der Waals surface area contributed by atoms with Gasteiger partial charge >= 0.3 is 0 Å². The van der Waals surface area contributed by atoms with Crippen molar-refractivity contribution in [2.24, 2.45) is 5.73 Å². The first kappa shape index (κ1) is 3.96. The Hall–Kier alpha value is -0.0400. The minimum Gasteiger partial charge on any atom is -0.328 e. The van der Waals surface area contributed by atoms with Gasteiger partial charge in [-0.3, -0.25) is 0 Å². The number of nitrogens with two attached hydrogens (primary N) is 1. The lowest BCUT2D eigenvalue weighted by atomic mass is 10.5. The van der Waals surface area contributed by atoms with Gasteiger partial charge in [-0.15, -0.1) is 0 Å². The summed E-state index contributed by atoms with van der Waals surface area (Å²) in [7, 11) is 0. The van der Waals surface area contributed by atoms with E-state index < -0.39 is 0 Å². The first-order valence-electron chi connectivity index (χ1n) is 1.32. The molecule has 0 amide bonds. The maximum absolute atomic E-state index is 5.00.